The monoisotopic (exact) mass is 215 g/mol. The number of aromatic nitrogens is 3. The summed E-state index contributed by atoms with van der Waals surface area (Å²) < 4.78 is 0. The minimum absolute atomic E-state index is 0.105. The van der Waals surface area contributed by atoms with E-state index < -0.39 is 0 Å². The highest BCUT2D eigenvalue weighted by Crippen LogP contribution is 2.20. The summed E-state index contributed by atoms with van der Waals surface area (Å²) in [4.78, 5) is 15.0. The number of carbonyl (C=O) groups excluding carboxylic acids is 1. The second-order valence-corrected chi connectivity index (χ2v) is 4.31. The number of nitrogens with zero attached hydrogens (tertiary/aromatic N) is 2. The lowest BCUT2D eigenvalue weighted by Gasteiger charge is -2.06. The molecule has 1 heterocycles. The van der Waals surface area contributed by atoms with Gasteiger partial charge in [0.25, 0.3) is 0 Å². The molecule has 1 amide bonds. The Morgan fingerprint density at radius 3 is 3.00 bits per heavy atom. The van der Waals surface area contributed by atoms with Crippen molar-refractivity contribution in [3.8, 4) is 0 Å². The van der Waals surface area contributed by atoms with Gasteiger partial charge in [0.2, 0.25) is 11.1 Å². The average molecular weight is 215 g/mol. The van der Waals surface area contributed by atoms with Crippen LogP contribution in [0.25, 0.3) is 0 Å². The standard InChI is InChI=1S/C7H13N5OS/c1-4(3-6(13)10-8)14-7-9-5(2)11-12-7/h4H,3,8H2,1-2H3,(H,10,13)(H,9,11,12). The van der Waals surface area contributed by atoms with Crippen LogP contribution in [0.1, 0.15) is 19.2 Å². The van der Waals surface area contributed by atoms with Gasteiger partial charge in [-0.3, -0.25) is 15.3 Å². The van der Waals surface area contributed by atoms with Gasteiger partial charge < -0.3 is 0 Å². The fourth-order valence-corrected chi connectivity index (χ4v) is 1.80. The predicted octanol–water partition coefficient (Wildman–Crippen LogP) is -0.0263. The molecule has 0 spiro atoms. The van der Waals surface area contributed by atoms with Crippen molar-refractivity contribution < 1.29 is 4.79 Å². The Kier molecular flexibility index (Phi) is 3.90. The van der Waals surface area contributed by atoms with Crippen molar-refractivity contribution in [2.75, 3.05) is 0 Å². The van der Waals surface area contributed by atoms with Gasteiger partial charge in [-0.15, -0.1) is 5.10 Å². The largest absolute Gasteiger partial charge is 0.294 e. The number of aryl methyl sites for hydroxylation is 1. The minimum Gasteiger partial charge on any atom is -0.294 e. The van der Waals surface area contributed by atoms with Crippen molar-refractivity contribution in [2.24, 2.45) is 5.84 Å². The predicted molar refractivity (Wildman–Crippen MR) is 53.4 cm³/mol. The number of hydrogen-bond acceptors (Lipinski definition) is 5. The van der Waals surface area contributed by atoms with Gasteiger partial charge in [-0.25, -0.2) is 10.8 Å². The molecule has 0 saturated heterocycles. The SMILES string of the molecule is Cc1nc(SC(C)CC(=O)NN)n[nH]1. The lowest BCUT2D eigenvalue weighted by molar-refractivity contribution is -0.121. The Bertz CT molecular complexity index is 313. The number of rotatable bonds is 4. The Morgan fingerprint density at radius 1 is 1.79 bits per heavy atom. The summed E-state index contributed by atoms with van der Waals surface area (Å²) >= 11 is 1.44. The number of amides is 1. The van der Waals surface area contributed by atoms with E-state index in [0.29, 0.717) is 11.6 Å². The molecule has 1 rings (SSSR count). The molecule has 0 fully saturated rings. The first-order valence-electron chi connectivity index (χ1n) is 4.17. The first kappa shape index (κ1) is 11.0. The Balaban J connectivity index is 2.41. The summed E-state index contributed by atoms with van der Waals surface area (Å²) in [6.45, 7) is 3.75. The van der Waals surface area contributed by atoms with Gasteiger partial charge >= 0.3 is 0 Å². The molecule has 0 radical (unpaired) electrons. The lowest BCUT2D eigenvalue weighted by atomic mass is 10.3. The molecule has 14 heavy (non-hydrogen) atoms. The maximum atomic E-state index is 10.9. The highest BCUT2D eigenvalue weighted by atomic mass is 32.2. The van der Waals surface area contributed by atoms with E-state index in [0.717, 1.165) is 5.82 Å². The summed E-state index contributed by atoms with van der Waals surface area (Å²) in [7, 11) is 0. The maximum absolute atomic E-state index is 10.9. The second kappa shape index (κ2) is 4.97. The van der Waals surface area contributed by atoms with Crippen LogP contribution in [-0.2, 0) is 4.79 Å². The zero-order valence-electron chi connectivity index (χ0n) is 8.07. The van der Waals surface area contributed by atoms with Crippen LogP contribution in [0.15, 0.2) is 5.16 Å². The molecular weight excluding hydrogens is 202 g/mol. The number of hydrazine groups is 1. The third-order valence-electron chi connectivity index (χ3n) is 1.52. The normalized spacial score (nSPS) is 12.5. The van der Waals surface area contributed by atoms with Crippen LogP contribution in [0.4, 0.5) is 0 Å². The van der Waals surface area contributed by atoms with E-state index in [1.807, 2.05) is 13.8 Å². The molecular formula is C7H13N5OS. The van der Waals surface area contributed by atoms with E-state index in [9.17, 15) is 4.79 Å². The third kappa shape index (κ3) is 3.35. The molecule has 0 saturated carbocycles. The number of nitrogens with one attached hydrogen (secondary N) is 2. The van der Waals surface area contributed by atoms with E-state index in [1.54, 1.807) is 0 Å². The zero-order valence-corrected chi connectivity index (χ0v) is 8.89. The summed E-state index contributed by atoms with van der Waals surface area (Å²) in [6.07, 6.45) is 0.356. The highest BCUT2D eigenvalue weighted by Gasteiger charge is 2.11. The molecule has 1 aromatic rings. The highest BCUT2D eigenvalue weighted by molar-refractivity contribution is 7.99. The van der Waals surface area contributed by atoms with Crippen LogP contribution in [0, 0.1) is 6.92 Å². The van der Waals surface area contributed by atoms with Gasteiger partial charge in [-0.2, -0.15) is 0 Å². The fourth-order valence-electron chi connectivity index (χ4n) is 0.917. The van der Waals surface area contributed by atoms with Crippen molar-refractivity contribution in [2.45, 2.75) is 30.7 Å². The first-order valence-corrected chi connectivity index (χ1v) is 5.05. The molecule has 6 nitrogen and oxygen atoms in total. The summed E-state index contributed by atoms with van der Waals surface area (Å²) in [5.41, 5.74) is 2.09. The van der Waals surface area contributed by atoms with E-state index in [1.165, 1.54) is 11.8 Å². The fraction of sp³-hybridized carbons (Fsp3) is 0.571. The molecule has 0 aliphatic carbocycles. The van der Waals surface area contributed by atoms with E-state index in [-0.39, 0.29) is 11.2 Å². The van der Waals surface area contributed by atoms with Crippen molar-refractivity contribution >= 4 is 17.7 Å². The first-order chi connectivity index (χ1) is 6.61. The second-order valence-electron chi connectivity index (χ2n) is 2.90. The lowest BCUT2D eigenvalue weighted by Crippen LogP contribution is -2.31. The van der Waals surface area contributed by atoms with Gasteiger partial charge in [0.1, 0.15) is 5.82 Å². The van der Waals surface area contributed by atoms with Crippen LogP contribution in [0.5, 0.6) is 0 Å². The third-order valence-corrected chi connectivity index (χ3v) is 2.48. The Morgan fingerprint density at radius 2 is 2.50 bits per heavy atom. The molecule has 0 aliphatic heterocycles. The molecule has 7 heteroatoms. The number of aromatic amines is 1. The van der Waals surface area contributed by atoms with Crippen LogP contribution >= 0.6 is 11.8 Å². The molecule has 0 bridgehead atoms. The van der Waals surface area contributed by atoms with Gasteiger partial charge in [-0.05, 0) is 6.92 Å². The molecule has 4 N–H and O–H groups in total. The molecule has 1 atom stereocenters. The molecule has 0 aliphatic rings. The van der Waals surface area contributed by atoms with Crippen molar-refractivity contribution in [3.05, 3.63) is 5.82 Å². The van der Waals surface area contributed by atoms with Crippen molar-refractivity contribution in [3.63, 3.8) is 0 Å². The van der Waals surface area contributed by atoms with Crippen LogP contribution < -0.4 is 11.3 Å². The molecule has 1 unspecified atom stereocenters. The van der Waals surface area contributed by atoms with Crippen LogP contribution in [-0.4, -0.2) is 26.3 Å². The maximum Gasteiger partial charge on any atom is 0.234 e. The topological polar surface area (TPSA) is 96.7 Å². The van der Waals surface area contributed by atoms with E-state index in [2.05, 4.69) is 20.6 Å². The summed E-state index contributed by atoms with van der Waals surface area (Å²) in [6, 6.07) is 0. The van der Waals surface area contributed by atoms with Crippen molar-refractivity contribution in [1.82, 2.24) is 20.6 Å². The van der Waals surface area contributed by atoms with Gasteiger partial charge in [-0.1, -0.05) is 18.7 Å². The van der Waals surface area contributed by atoms with E-state index in [4.69, 9.17) is 5.84 Å². The van der Waals surface area contributed by atoms with Crippen LogP contribution in [0.2, 0.25) is 0 Å². The number of nitrogens with two attached hydrogens (primary N) is 1. The smallest absolute Gasteiger partial charge is 0.234 e. The number of H-pyrrole nitrogens is 1. The number of hydrogen-bond donors (Lipinski definition) is 3. The summed E-state index contributed by atoms with van der Waals surface area (Å²) in [5, 5.41) is 7.44. The number of carbonyl (C=O) groups is 1. The minimum atomic E-state index is -0.183. The van der Waals surface area contributed by atoms with Crippen LogP contribution in [0.3, 0.4) is 0 Å². The molecule has 1 aromatic heterocycles. The zero-order chi connectivity index (χ0) is 10.6. The molecule has 0 aromatic carbocycles. The van der Waals surface area contributed by atoms with Gasteiger partial charge in [0.15, 0.2) is 0 Å². The van der Waals surface area contributed by atoms with Gasteiger partial charge in [0, 0.05) is 11.7 Å². The summed E-state index contributed by atoms with van der Waals surface area (Å²) in [5.74, 6) is 5.56. The Labute approximate surface area is 86.0 Å². The average Bonchev–Trinajstić information content (AvgIpc) is 2.50. The number of thioether (sulfide) groups is 1. The quantitative estimate of drug-likeness (QED) is 0.284. The Hall–Kier alpha value is -1.08. The van der Waals surface area contributed by atoms with Crippen molar-refractivity contribution in [1.29, 1.82) is 0 Å². The van der Waals surface area contributed by atoms with Gasteiger partial charge in [0.05, 0.1) is 0 Å². The molecule has 78 valence electrons. The van der Waals surface area contributed by atoms with E-state index >= 15 is 0 Å².